The molecule has 2 aromatic carbocycles. The fourth-order valence-corrected chi connectivity index (χ4v) is 3.09. The van der Waals surface area contributed by atoms with Gasteiger partial charge in [0.15, 0.2) is 10.0 Å². The summed E-state index contributed by atoms with van der Waals surface area (Å²) in [7, 11) is -3.89. The molecule has 0 bridgehead atoms. The van der Waals surface area contributed by atoms with Crippen LogP contribution in [0.4, 0.5) is 5.69 Å². The van der Waals surface area contributed by atoms with Crippen LogP contribution in [0.2, 0.25) is 0 Å². The Hall–Kier alpha value is -2.69. The molecule has 0 fully saturated rings. The highest BCUT2D eigenvalue weighted by Gasteiger charge is 2.20. The van der Waals surface area contributed by atoms with Crippen molar-refractivity contribution >= 4 is 32.9 Å². The number of aryl methyl sites for hydroxylation is 1. The number of nitrogens with zero attached hydrogens (tertiary/aromatic N) is 1. The number of nitrogens with one attached hydrogen (secondary N) is 2. The third-order valence-corrected chi connectivity index (χ3v) is 5.00. The van der Waals surface area contributed by atoms with Crippen LogP contribution in [0.1, 0.15) is 5.56 Å². The molecule has 0 unspecified atom stereocenters. The zero-order chi connectivity index (χ0) is 17.6. The van der Waals surface area contributed by atoms with E-state index >= 15 is 0 Å². The van der Waals surface area contributed by atoms with Gasteiger partial charge in [0.1, 0.15) is 6.07 Å². The van der Waals surface area contributed by atoms with Crippen molar-refractivity contribution in [3.63, 3.8) is 0 Å². The average Bonchev–Trinajstić information content (AvgIpc) is 2.56. The zero-order valence-corrected chi connectivity index (χ0v) is 14.5. The fourth-order valence-electron chi connectivity index (χ4n) is 1.83. The Morgan fingerprint density at radius 1 is 1.12 bits per heavy atom. The topological polar surface area (TPSA) is 82.0 Å². The molecule has 0 aromatic heterocycles. The molecule has 0 atom stereocenters. The molecule has 2 rings (SSSR count). The Kier molecular flexibility index (Phi) is 5.68. The lowest BCUT2D eigenvalue weighted by Crippen LogP contribution is -2.24. The summed E-state index contributed by atoms with van der Waals surface area (Å²) in [6, 6.07) is 17.2. The highest BCUT2D eigenvalue weighted by atomic mass is 32.2. The number of para-hydroxylation sites is 1. The van der Waals surface area contributed by atoms with Crippen molar-refractivity contribution in [1.82, 2.24) is 5.32 Å². The molecule has 0 saturated carbocycles. The number of nitriles is 1. The second kappa shape index (κ2) is 7.73. The standard InChI is InChI=1S/C17H15N3O2S2/c1-13-7-9-15(10-8-13)24(21,22)16(11-18)12-19-17(23)20-14-5-3-2-4-6-14/h2-10,12H,1H3,(H2,19,20,23)/b16-12+. The van der Waals surface area contributed by atoms with Gasteiger partial charge in [0.2, 0.25) is 9.84 Å². The molecule has 24 heavy (non-hydrogen) atoms. The van der Waals surface area contributed by atoms with Crippen molar-refractivity contribution in [2.24, 2.45) is 0 Å². The number of allylic oxidation sites excluding steroid dienone is 1. The Morgan fingerprint density at radius 3 is 2.33 bits per heavy atom. The predicted molar refractivity (Wildman–Crippen MR) is 97.9 cm³/mol. The number of anilines is 1. The molecule has 0 saturated heterocycles. The normalized spacial score (nSPS) is 11.4. The van der Waals surface area contributed by atoms with Crippen LogP contribution in [0.25, 0.3) is 0 Å². The Labute approximate surface area is 146 Å². The highest BCUT2D eigenvalue weighted by Crippen LogP contribution is 2.18. The van der Waals surface area contributed by atoms with Crippen LogP contribution in [0.3, 0.4) is 0 Å². The fraction of sp³-hybridized carbons (Fsp3) is 0.0588. The summed E-state index contributed by atoms with van der Waals surface area (Å²) in [4.78, 5) is -0.354. The van der Waals surface area contributed by atoms with Gasteiger partial charge in [0.05, 0.1) is 4.90 Å². The van der Waals surface area contributed by atoms with Gasteiger partial charge in [0.25, 0.3) is 0 Å². The van der Waals surface area contributed by atoms with Gasteiger partial charge in [-0.3, -0.25) is 0 Å². The smallest absolute Gasteiger partial charge is 0.218 e. The molecule has 0 amide bonds. The van der Waals surface area contributed by atoms with Crippen LogP contribution in [-0.2, 0) is 9.84 Å². The van der Waals surface area contributed by atoms with Crippen molar-refractivity contribution in [1.29, 1.82) is 5.26 Å². The van der Waals surface area contributed by atoms with Gasteiger partial charge in [-0.2, -0.15) is 5.26 Å². The molecular formula is C17H15N3O2S2. The number of sulfone groups is 1. The first-order valence-electron chi connectivity index (χ1n) is 6.98. The van der Waals surface area contributed by atoms with Crippen molar-refractivity contribution in [3.05, 3.63) is 71.3 Å². The van der Waals surface area contributed by atoms with Gasteiger partial charge in [-0.25, -0.2) is 8.42 Å². The summed E-state index contributed by atoms with van der Waals surface area (Å²) in [5.41, 5.74) is 1.69. The number of thiocarbonyl (C=S) groups is 1. The van der Waals surface area contributed by atoms with E-state index < -0.39 is 14.7 Å². The van der Waals surface area contributed by atoms with Crippen LogP contribution in [0.5, 0.6) is 0 Å². The minimum Gasteiger partial charge on any atom is -0.337 e. The minimum atomic E-state index is -3.89. The van der Waals surface area contributed by atoms with E-state index in [0.29, 0.717) is 0 Å². The third kappa shape index (κ3) is 4.41. The summed E-state index contributed by atoms with van der Waals surface area (Å²) < 4.78 is 24.9. The van der Waals surface area contributed by atoms with Gasteiger partial charge >= 0.3 is 0 Å². The Morgan fingerprint density at radius 2 is 1.75 bits per heavy atom. The summed E-state index contributed by atoms with van der Waals surface area (Å²) >= 11 is 5.09. The zero-order valence-electron chi connectivity index (χ0n) is 12.9. The third-order valence-electron chi connectivity index (χ3n) is 3.10. The van der Waals surface area contributed by atoms with Crippen LogP contribution >= 0.6 is 12.2 Å². The molecule has 7 heteroatoms. The molecule has 0 aliphatic carbocycles. The summed E-state index contributed by atoms with van der Waals surface area (Å²) in [6.07, 6.45) is 1.09. The molecular weight excluding hydrogens is 342 g/mol. The quantitative estimate of drug-likeness (QED) is 0.646. The monoisotopic (exact) mass is 357 g/mol. The number of hydrogen-bond donors (Lipinski definition) is 2. The number of hydrogen-bond acceptors (Lipinski definition) is 4. The van der Waals surface area contributed by atoms with Crippen LogP contribution in [0, 0.1) is 18.3 Å². The summed E-state index contributed by atoms with van der Waals surface area (Å²) in [5, 5.41) is 14.9. The lowest BCUT2D eigenvalue weighted by Gasteiger charge is -2.08. The first-order valence-corrected chi connectivity index (χ1v) is 8.87. The molecule has 0 radical (unpaired) electrons. The van der Waals surface area contributed by atoms with Crippen LogP contribution < -0.4 is 10.6 Å². The van der Waals surface area contributed by atoms with E-state index in [1.165, 1.54) is 12.1 Å². The summed E-state index contributed by atoms with van der Waals surface area (Å²) in [6.45, 7) is 1.85. The lowest BCUT2D eigenvalue weighted by molar-refractivity contribution is 0.603. The summed E-state index contributed by atoms with van der Waals surface area (Å²) in [5.74, 6) is 0. The van der Waals surface area contributed by atoms with E-state index in [4.69, 9.17) is 12.2 Å². The van der Waals surface area contributed by atoms with E-state index in [1.807, 2.05) is 37.3 Å². The van der Waals surface area contributed by atoms with Gasteiger partial charge in [-0.15, -0.1) is 0 Å². The maximum atomic E-state index is 12.5. The van der Waals surface area contributed by atoms with Gasteiger partial charge in [-0.05, 0) is 43.4 Å². The highest BCUT2D eigenvalue weighted by molar-refractivity contribution is 7.95. The Bertz CT molecular complexity index is 897. The van der Waals surface area contributed by atoms with Gasteiger partial charge in [-0.1, -0.05) is 35.9 Å². The maximum Gasteiger partial charge on any atom is 0.218 e. The number of benzene rings is 2. The molecule has 122 valence electrons. The first kappa shape index (κ1) is 17.7. The molecule has 0 spiro atoms. The molecule has 0 aliphatic rings. The molecule has 2 N–H and O–H groups in total. The van der Waals surface area contributed by atoms with E-state index in [-0.39, 0.29) is 10.0 Å². The van der Waals surface area contributed by atoms with Crippen molar-refractivity contribution < 1.29 is 8.42 Å². The van der Waals surface area contributed by atoms with Gasteiger partial charge < -0.3 is 10.6 Å². The van der Waals surface area contributed by atoms with E-state index in [9.17, 15) is 13.7 Å². The molecule has 2 aromatic rings. The maximum absolute atomic E-state index is 12.5. The van der Waals surface area contributed by atoms with Crippen molar-refractivity contribution in [3.8, 4) is 6.07 Å². The molecule has 0 aliphatic heterocycles. The number of rotatable bonds is 4. The van der Waals surface area contributed by atoms with E-state index in [2.05, 4.69) is 10.6 Å². The van der Waals surface area contributed by atoms with Crippen molar-refractivity contribution in [2.45, 2.75) is 11.8 Å². The Balaban J connectivity index is 2.15. The second-order valence-corrected chi connectivity index (χ2v) is 7.23. The molecule has 5 nitrogen and oxygen atoms in total. The lowest BCUT2D eigenvalue weighted by atomic mass is 10.2. The minimum absolute atomic E-state index is 0.0598. The van der Waals surface area contributed by atoms with Crippen molar-refractivity contribution in [2.75, 3.05) is 5.32 Å². The van der Waals surface area contributed by atoms with Gasteiger partial charge in [0, 0.05) is 11.9 Å². The average molecular weight is 357 g/mol. The molecule has 0 heterocycles. The SMILES string of the molecule is Cc1ccc(S(=O)(=O)/C(C#N)=C/NC(=S)Nc2ccccc2)cc1. The van der Waals surface area contributed by atoms with E-state index in [0.717, 1.165) is 17.5 Å². The van der Waals surface area contributed by atoms with Crippen LogP contribution in [0.15, 0.2) is 70.6 Å². The second-order valence-electron chi connectivity index (χ2n) is 4.90. The first-order chi connectivity index (χ1) is 11.4. The van der Waals surface area contributed by atoms with E-state index in [1.54, 1.807) is 18.2 Å². The largest absolute Gasteiger partial charge is 0.337 e. The van der Waals surface area contributed by atoms with Crippen LogP contribution in [-0.4, -0.2) is 13.5 Å². The predicted octanol–water partition coefficient (Wildman–Crippen LogP) is 3.12.